The Kier molecular flexibility index (Phi) is 5.94. The summed E-state index contributed by atoms with van der Waals surface area (Å²) in [5, 5.41) is 15.0. The quantitative estimate of drug-likeness (QED) is 0.527. The molecule has 0 aromatic rings. The second-order valence-electron chi connectivity index (χ2n) is 4.09. The molecule has 0 aromatic heterocycles. The molecule has 19 heavy (non-hydrogen) atoms. The normalized spacial score (nSPS) is 16.3. The maximum atomic E-state index is 11.8. The van der Waals surface area contributed by atoms with Gasteiger partial charge in [0.25, 0.3) is 5.91 Å². The van der Waals surface area contributed by atoms with E-state index in [1.54, 1.807) is 0 Å². The molecule has 1 unspecified atom stereocenters. The Bertz CT molecular complexity index is 394. The Morgan fingerprint density at radius 3 is 2.79 bits per heavy atom. The lowest BCUT2D eigenvalue weighted by atomic mass is 10.1. The Morgan fingerprint density at radius 2 is 2.26 bits per heavy atom. The average molecular weight is 271 g/mol. The Balaban J connectivity index is 2.51. The Morgan fingerprint density at radius 1 is 1.53 bits per heavy atom. The minimum Gasteiger partial charge on any atom is -0.480 e. The van der Waals surface area contributed by atoms with Crippen LogP contribution in [0.3, 0.4) is 0 Å². The Hall–Kier alpha value is -1.96. The van der Waals surface area contributed by atoms with Crippen molar-refractivity contribution in [3.05, 3.63) is 0 Å². The molecule has 8 nitrogen and oxygen atoms in total. The number of carboxylic acid groups (broad SMARTS) is 1. The number of hydrogen-bond donors (Lipinski definition) is 3. The first-order valence-electron chi connectivity index (χ1n) is 5.92. The van der Waals surface area contributed by atoms with Crippen LogP contribution >= 0.6 is 0 Å². The molecule has 1 aliphatic heterocycles. The van der Waals surface area contributed by atoms with Crippen molar-refractivity contribution in [2.45, 2.75) is 31.7 Å². The first-order chi connectivity index (χ1) is 9.04. The van der Waals surface area contributed by atoms with Crippen LogP contribution in [0.5, 0.6) is 0 Å². The molecule has 0 spiro atoms. The van der Waals surface area contributed by atoms with Crippen molar-refractivity contribution in [1.82, 2.24) is 10.7 Å². The Labute approximate surface area is 110 Å². The minimum atomic E-state index is -1.11. The predicted octanol–water partition coefficient (Wildman–Crippen LogP) is -0.752. The van der Waals surface area contributed by atoms with Crippen LogP contribution in [-0.2, 0) is 19.1 Å². The third-order valence-electron chi connectivity index (χ3n) is 2.61. The van der Waals surface area contributed by atoms with Gasteiger partial charge >= 0.3 is 5.97 Å². The lowest BCUT2D eigenvalue weighted by Crippen LogP contribution is -2.45. The molecule has 1 atom stereocenters. The van der Waals surface area contributed by atoms with Gasteiger partial charge in [0.05, 0.1) is 0 Å². The van der Waals surface area contributed by atoms with E-state index in [9.17, 15) is 14.4 Å². The maximum Gasteiger partial charge on any atom is 0.326 e. The van der Waals surface area contributed by atoms with Crippen LogP contribution in [0.2, 0.25) is 0 Å². The molecule has 0 fully saturated rings. The van der Waals surface area contributed by atoms with E-state index in [0.29, 0.717) is 13.0 Å². The molecular formula is C11H17N3O5. The highest BCUT2D eigenvalue weighted by atomic mass is 16.5. The topological polar surface area (TPSA) is 117 Å². The van der Waals surface area contributed by atoms with E-state index in [4.69, 9.17) is 9.84 Å². The molecule has 106 valence electrons. The number of nitrogens with one attached hydrogen (secondary N) is 2. The van der Waals surface area contributed by atoms with Gasteiger partial charge in [-0.25, -0.2) is 10.2 Å². The van der Waals surface area contributed by atoms with Crippen LogP contribution in [-0.4, -0.2) is 48.4 Å². The van der Waals surface area contributed by atoms with E-state index in [0.717, 1.165) is 0 Å². The van der Waals surface area contributed by atoms with Gasteiger partial charge in [-0.1, -0.05) is 0 Å². The highest BCUT2D eigenvalue weighted by molar-refractivity contribution is 6.39. The summed E-state index contributed by atoms with van der Waals surface area (Å²) < 4.78 is 4.83. The number of methoxy groups -OCH3 is 1. The van der Waals surface area contributed by atoms with Crippen LogP contribution < -0.4 is 10.7 Å². The van der Waals surface area contributed by atoms with Gasteiger partial charge in [-0.2, -0.15) is 5.10 Å². The number of hydrazone groups is 1. The molecule has 3 N–H and O–H groups in total. The summed E-state index contributed by atoms with van der Waals surface area (Å²) in [5.41, 5.74) is 2.33. The molecule has 0 radical (unpaired) electrons. The molecule has 0 saturated heterocycles. The van der Waals surface area contributed by atoms with E-state index < -0.39 is 17.9 Å². The molecule has 2 amide bonds. The monoisotopic (exact) mass is 271 g/mol. The van der Waals surface area contributed by atoms with Gasteiger partial charge in [-0.15, -0.1) is 0 Å². The van der Waals surface area contributed by atoms with Crippen molar-refractivity contribution >= 4 is 23.5 Å². The lowest BCUT2D eigenvalue weighted by Gasteiger charge is -2.16. The molecule has 0 saturated carbocycles. The lowest BCUT2D eigenvalue weighted by molar-refractivity contribution is -0.141. The van der Waals surface area contributed by atoms with E-state index in [1.807, 2.05) is 0 Å². The van der Waals surface area contributed by atoms with Gasteiger partial charge in [0.15, 0.2) is 0 Å². The fraction of sp³-hybridized carbons (Fsp3) is 0.636. The van der Waals surface area contributed by atoms with Crippen LogP contribution in [0.15, 0.2) is 5.10 Å². The molecule has 0 bridgehead atoms. The zero-order valence-electron chi connectivity index (χ0n) is 10.6. The zero-order chi connectivity index (χ0) is 14.3. The molecule has 1 aliphatic rings. The standard InChI is InChI=1S/C11H17N3O5/c1-19-6-2-3-8(11(17)18)12-10(16)7-4-5-9(15)14-13-7/h8H,2-6H2,1H3,(H,12,16)(H,14,15)(H,17,18). The third kappa shape index (κ3) is 5.04. The minimum absolute atomic E-state index is 0.137. The number of rotatable bonds is 7. The molecule has 0 aliphatic carbocycles. The number of carbonyl (C=O) groups is 3. The van der Waals surface area contributed by atoms with Crippen LogP contribution in [0.25, 0.3) is 0 Å². The summed E-state index contributed by atoms with van der Waals surface area (Å²) >= 11 is 0. The number of ether oxygens (including phenoxy) is 1. The van der Waals surface area contributed by atoms with Crippen molar-refractivity contribution in [1.29, 1.82) is 0 Å². The summed E-state index contributed by atoms with van der Waals surface area (Å²) in [5.74, 6) is -1.93. The van der Waals surface area contributed by atoms with Crippen molar-refractivity contribution in [3.63, 3.8) is 0 Å². The fourth-order valence-electron chi connectivity index (χ4n) is 1.57. The second-order valence-corrected chi connectivity index (χ2v) is 4.09. The second kappa shape index (κ2) is 7.47. The predicted molar refractivity (Wildman–Crippen MR) is 65.5 cm³/mol. The smallest absolute Gasteiger partial charge is 0.326 e. The van der Waals surface area contributed by atoms with Gasteiger partial charge in [0.1, 0.15) is 11.8 Å². The molecule has 8 heteroatoms. The van der Waals surface area contributed by atoms with Crippen LogP contribution in [0.1, 0.15) is 25.7 Å². The van der Waals surface area contributed by atoms with Gasteiger partial charge < -0.3 is 15.2 Å². The molecular weight excluding hydrogens is 254 g/mol. The highest BCUT2D eigenvalue weighted by Gasteiger charge is 2.24. The maximum absolute atomic E-state index is 11.8. The van der Waals surface area contributed by atoms with Gasteiger partial charge in [0.2, 0.25) is 5.91 Å². The van der Waals surface area contributed by atoms with E-state index in [1.165, 1.54) is 7.11 Å². The largest absolute Gasteiger partial charge is 0.480 e. The first kappa shape index (κ1) is 15.1. The van der Waals surface area contributed by atoms with E-state index >= 15 is 0 Å². The van der Waals surface area contributed by atoms with Crippen molar-refractivity contribution < 1.29 is 24.2 Å². The summed E-state index contributed by atoms with van der Waals surface area (Å²) in [6, 6.07) is -0.983. The SMILES string of the molecule is COCCCC(NC(=O)C1=NNC(=O)CC1)C(=O)O. The molecule has 1 rings (SSSR count). The molecule has 1 heterocycles. The number of hydrogen-bond acceptors (Lipinski definition) is 5. The summed E-state index contributed by atoms with van der Waals surface area (Å²) in [4.78, 5) is 33.6. The summed E-state index contributed by atoms with van der Waals surface area (Å²) in [6.07, 6.45) is 1.18. The van der Waals surface area contributed by atoms with Crippen LogP contribution in [0.4, 0.5) is 0 Å². The number of carbonyl (C=O) groups excluding carboxylic acids is 2. The number of nitrogens with zero attached hydrogens (tertiary/aromatic N) is 1. The van der Waals surface area contributed by atoms with Crippen molar-refractivity contribution in [3.8, 4) is 0 Å². The average Bonchev–Trinajstić information content (AvgIpc) is 2.38. The number of amides is 2. The van der Waals surface area contributed by atoms with Gasteiger partial charge in [-0.05, 0) is 12.8 Å². The van der Waals surface area contributed by atoms with Gasteiger partial charge in [-0.3, -0.25) is 9.59 Å². The molecule has 0 aromatic carbocycles. The highest BCUT2D eigenvalue weighted by Crippen LogP contribution is 2.03. The number of carboxylic acids is 1. The van der Waals surface area contributed by atoms with Gasteiger partial charge in [0, 0.05) is 26.6 Å². The van der Waals surface area contributed by atoms with Crippen molar-refractivity contribution in [2.75, 3.05) is 13.7 Å². The van der Waals surface area contributed by atoms with Crippen molar-refractivity contribution in [2.24, 2.45) is 5.10 Å². The third-order valence-corrected chi connectivity index (χ3v) is 2.61. The van der Waals surface area contributed by atoms with E-state index in [-0.39, 0.29) is 30.9 Å². The van der Waals surface area contributed by atoms with E-state index in [2.05, 4.69) is 15.8 Å². The summed E-state index contributed by atoms with van der Waals surface area (Å²) in [6.45, 7) is 0.427. The van der Waals surface area contributed by atoms with Crippen LogP contribution in [0, 0.1) is 0 Å². The zero-order valence-corrected chi connectivity index (χ0v) is 10.6. The first-order valence-corrected chi connectivity index (χ1v) is 5.92. The number of aliphatic carboxylic acids is 1. The fourth-order valence-corrected chi connectivity index (χ4v) is 1.57. The summed E-state index contributed by atoms with van der Waals surface area (Å²) in [7, 11) is 1.52.